The van der Waals surface area contributed by atoms with Gasteiger partial charge in [-0.05, 0) is 12.0 Å². The van der Waals surface area contributed by atoms with Gasteiger partial charge in [-0.15, -0.1) is 0 Å². The van der Waals surface area contributed by atoms with Crippen LogP contribution >= 0.6 is 0 Å². The molecule has 88 valence electrons. The lowest BCUT2D eigenvalue weighted by molar-refractivity contribution is 0.622. The van der Waals surface area contributed by atoms with Gasteiger partial charge in [-0.2, -0.15) is 0 Å². The lowest BCUT2D eigenvalue weighted by Crippen LogP contribution is -2.04. The first-order valence-electron chi connectivity index (χ1n) is 5.31. The van der Waals surface area contributed by atoms with Gasteiger partial charge in [0, 0.05) is 17.3 Å². The van der Waals surface area contributed by atoms with Crippen LogP contribution in [-0.4, -0.2) is 15.0 Å². The summed E-state index contributed by atoms with van der Waals surface area (Å²) in [5, 5.41) is 0. The van der Waals surface area contributed by atoms with E-state index in [2.05, 4.69) is 15.0 Å². The van der Waals surface area contributed by atoms with E-state index in [9.17, 15) is 4.39 Å². The average molecular weight is 232 g/mol. The zero-order valence-electron chi connectivity index (χ0n) is 9.68. The van der Waals surface area contributed by atoms with Gasteiger partial charge in [0.25, 0.3) is 0 Å². The van der Waals surface area contributed by atoms with Gasteiger partial charge in [-0.25, -0.2) is 14.4 Å². The SMILES string of the molecule is CC(C)c1c(N)ncnc1-c1cncc(F)c1. The molecule has 0 aliphatic heterocycles. The van der Waals surface area contributed by atoms with Gasteiger partial charge < -0.3 is 5.73 Å². The monoisotopic (exact) mass is 232 g/mol. The molecule has 5 heteroatoms. The molecule has 2 rings (SSSR count). The molecule has 0 bridgehead atoms. The molecule has 0 spiro atoms. The van der Waals surface area contributed by atoms with Crippen LogP contribution in [0, 0.1) is 5.82 Å². The fourth-order valence-corrected chi connectivity index (χ4v) is 1.75. The third kappa shape index (κ3) is 2.22. The number of halogens is 1. The molecule has 0 fully saturated rings. The van der Waals surface area contributed by atoms with Gasteiger partial charge in [0.1, 0.15) is 18.0 Å². The van der Waals surface area contributed by atoms with Crippen LogP contribution in [0.5, 0.6) is 0 Å². The highest BCUT2D eigenvalue weighted by Gasteiger charge is 2.14. The second-order valence-corrected chi connectivity index (χ2v) is 4.07. The minimum atomic E-state index is -0.394. The van der Waals surface area contributed by atoms with E-state index in [-0.39, 0.29) is 5.92 Å². The van der Waals surface area contributed by atoms with Crippen molar-refractivity contribution in [3.05, 3.63) is 36.2 Å². The Morgan fingerprint density at radius 1 is 1.24 bits per heavy atom. The average Bonchev–Trinajstić information content (AvgIpc) is 2.28. The van der Waals surface area contributed by atoms with Crippen molar-refractivity contribution in [2.24, 2.45) is 0 Å². The summed E-state index contributed by atoms with van der Waals surface area (Å²) in [7, 11) is 0. The molecule has 0 aliphatic carbocycles. The van der Waals surface area contributed by atoms with Crippen LogP contribution < -0.4 is 5.73 Å². The highest BCUT2D eigenvalue weighted by Crippen LogP contribution is 2.29. The molecule has 2 aromatic rings. The summed E-state index contributed by atoms with van der Waals surface area (Å²) in [6.07, 6.45) is 4.10. The van der Waals surface area contributed by atoms with Crippen molar-refractivity contribution < 1.29 is 4.39 Å². The lowest BCUT2D eigenvalue weighted by atomic mass is 9.98. The van der Waals surface area contributed by atoms with E-state index >= 15 is 0 Å². The van der Waals surface area contributed by atoms with Gasteiger partial charge in [0.2, 0.25) is 0 Å². The molecule has 0 unspecified atom stereocenters. The molecule has 2 aromatic heterocycles. The predicted octanol–water partition coefficient (Wildman–Crippen LogP) is 2.38. The Kier molecular flexibility index (Phi) is 2.99. The number of pyridine rings is 1. The summed E-state index contributed by atoms with van der Waals surface area (Å²) in [5.41, 5.74) is 7.90. The van der Waals surface area contributed by atoms with Crippen molar-refractivity contribution in [3.63, 3.8) is 0 Å². The van der Waals surface area contributed by atoms with E-state index in [0.29, 0.717) is 17.1 Å². The van der Waals surface area contributed by atoms with Crippen molar-refractivity contribution in [1.29, 1.82) is 0 Å². The molecule has 2 heterocycles. The highest BCUT2D eigenvalue weighted by molar-refractivity contribution is 5.67. The van der Waals surface area contributed by atoms with Crippen LogP contribution in [0.4, 0.5) is 10.2 Å². The summed E-state index contributed by atoms with van der Waals surface area (Å²) in [6.45, 7) is 3.98. The van der Waals surface area contributed by atoms with Crippen LogP contribution in [0.1, 0.15) is 25.3 Å². The van der Waals surface area contributed by atoms with Gasteiger partial charge in [-0.1, -0.05) is 13.8 Å². The molecule has 4 nitrogen and oxygen atoms in total. The fourth-order valence-electron chi connectivity index (χ4n) is 1.75. The number of nitrogens with two attached hydrogens (primary N) is 1. The van der Waals surface area contributed by atoms with Crippen LogP contribution in [-0.2, 0) is 0 Å². The number of rotatable bonds is 2. The maximum atomic E-state index is 13.1. The molecule has 0 saturated heterocycles. The third-order valence-electron chi connectivity index (χ3n) is 2.47. The standard InChI is InChI=1S/C12H13FN4/c1-7(2)10-11(16-6-17-12(10)14)8-3-9(13)5-15-4-8/h3-7H,1-2H3,(H2,14,16,17). The lowest BCUT2D eigenvalue weighted by Gasteiger charge is -2.13. The summed E-state index contributed by atoms with van der Waals surface area (Å²) in [6, 6.07) is 1.39. The van der Waals surface area contributed by atoms with E-state index in [1.165, 1.54) is 12.4 Å². The Morgan fingerprint density at radius 3 is 2.65 bits per heavy atom. The Labute approximate surface area is 98.7 Å². The number of nitrogens with zero attached hydrogens (tertiary/aromatic N) is 3. The molecule has 2 N–H and O–H groups in total. The number of aromatic nitrogens is 3. The van der Waals surface area contributed by atoms with Crippen molar-refractivity contribution in [1.82, 2.24) is 15.0 Å². The van der Waals surface area contributed by atoms with Crippen molar-refractivity contribution in [3.8, 4) is 11.3 Å². The third-order valence-corrected chi connectivity index (χ3v) is 2.47. The predicted molar refractivity (Wildman–Crippen MR) is 63.7 cm³/mol. The van der Waals surface area contributed by atoms with Crippen LogP contribution in [0.3, 0.4) is 0 Å². The first-order valence-corrected chi connectivity index (χ1v) is 5.31. The maximum absolute atomic E-state index is 13.1. The summed E-state index contributed by atoms with van der Waals surface area (Å²) in [4.78, 5) is 12.0. The smallest absolute Gasteiger partial charge is 0.142 e. The summed E-state index contributed by atoms with van der Waals surface area (Å²) < 4.78 is 13.1. The highest BCUT2D eigenvalue weighted by atomic mass is 19.1. The number of hydrogen-bond donors (Lipinski definition) is 1. The summed E-state index contributed by atoms with van der Waals surface area (Å²) >= 11 is 0. The molecular formula is C12H13FN4. The molecule has 17 heavy (non-hydrogen) atoms. The van der Waals surface area contributed by atoms with Crippen LogP contribution in [0.2, 0.25) is 0 Å². The van der Waals surface area contributed by atoms with Crippen LogP contribution in [0.15, 0.2) is 24.8 Å². The number of nitrogen functional groups attached to an aromatic ring is 1. The van der Waals surface area contributed by atoms with E-state index in [4.69, 9.17) is 5.73 Å². The zero-order chi connectivity index (χ0) is 12.4. The van der Waals surface area contributed by atoms with E-state index in [0.717, 1.165) is 11.8 Å². The van der Waals surface area contributed by atoms with E-state index in [1.807, 2.05) is 13.8 Å². The second kappa shape index (κ2) is 4.45. The summed E-state index contributed by atoms with van der Waals surface area (Å²) in [5.74, 6) is 0.193. The van der Waals surface area contributed by atoms with E-state index in [1.54, 1.807) is 6.20 Å². The van der Waals surface area contributed by atoms with Gasteiger partial charge in [0.15, 0.2) is 0 Å². The minimum Gasteiger partial charge on any atom is -0.383 e. The Hall–Kier alpha value is -2.04. The number of anilines is 1. The molecule has 0 saturated carbocycles. The Balaban J connectivity index is 2.63. The van der Waals surface area contributed by atoms with Crippen molar-refractivity contribution in [2.45, 2.75) is 19.8 Å². The molecule has 0 radical (unpaired) electrons. The molecule has 0 aromatic carbocycles. The molecule has 0 atom stereocenters. The van der Waals surface area contributed by atoms with Gasteiger partial charge >= 0.3 is 0 Å². The van der Waals surface area contributed by atoms with Gasteiger partial charge in [-0.3, -0.25) is 4.98 Å². The quantitative estimate of drug-likeness (QED) is 0.863. The zero-order valence-corrected chi connectivity index (χ0v) is 9.68. The maximum Gasteiger partial charge on any atom is 0.142 e. The Bertz CT molecular complexity index is 540. The van der Waals surface area contributed by atoms with Crippen LogP contribution in [0.25, 0.3) is 11.3 Å². The first-order chi connectivity index (χ1) is 8.09. The van der Waals surface area contributed by atoms with Crippen molar-refractivity contribution in [2.75, 3.05) is 5.73 Å². The molecule has 0 amide bonds. The fraction of sp³-hybridized carbons (Fsp3) is 0.250. The topological polar surface area (TPSA) is 64.7 Å². The van der Waals surface area contributed by atoms with Crippen molar-refractivity contribution >= 4 is 5.82 Å². The number of hydrogen-bond acceptors (Lipinski definition) is 4. The second-order valence-electron chi connectivity index (χ2n) is 4.07. The van der Waals surface area contributed by atoms with E-state index < -0.39 is 5.82 Å². The molecular weight excluding hydrogens is 219 g/mol. The van der Waals surface area contributed by atoms with Gasteiger partial charge in [0.05, 0.1) is 11.9 Å². The Morgan fingerprint density at radius 2 is 2.00 bits per heavy atom. The first kappa shape index (κ1) is 11.4. The largest absolute Gasteiger partial charge is 0.383 e. The minimum absolute atomic E-state index is 0.162. The molecule has 0 aliphatic rings. The normalized spacial score (nSPS) is 10.8.